The van der Waals surface area contributed by atoms with Crippen molar-refractivity contribution < 1.29 is 9.84 Å². The van der Waals surface area contributed by atoms with Crippen LogP contribution in [0.4, 0.5) is 0 Å². The molecule has 6 heteroatoms. The molecule has 0 spiro atoms. The molecule has 0 aromatic carbocycles. The molecule has 102 valence electrons. The van der Waals surface area contributed by atoms with Crippen LogP contribution in [0, 0.1) is 18.3 Å². The van der Waals surface area contributed by atoms with Crippen molar-refractivity contribution in [2.45, 2.75) is 13.5 Å². The average Bonchev–Trinajstić information content (AvgIpc) is 2.39. The maximum absolute atomic E-state index is 12.1. The van der Waals surface area contributed by atoms with Crippen molar-refractivity contribution in [1.82, 2.24) is 9.47 Å². The number of aryl methyl sites for hydroxylation is 1. The van der Waals surface area contributed by atoms with E-state index in [2.05, 4.69) is 4.90 Å². The molecule has 2 heterocycles. The summed E-state index contributed by atoms with van der Waals surface area (Å²) in [6.07, 6.45) is 0. The first-order valence-electron chi connectivity index (χ1n) is 6.27. The molecule has 1 aliphatic heterocycles. The lowest BCUT2D eigenvalue weighted by Gasteiger charge is -2.26. The van der Waals surface area contributed by atoms with Crippen molar-refractivity contribution in [2.24, 2.45) is 0 Å². The van der Waals surface area contributed by atoms with Crippen molar-refractivity contribution in [3.05, 3.63) is 27.5 Å². The Kier molecular flexibility index (Phi) is 4.20. The molecule has 1 aromatic rings. The molecular weight excluding hydrogens is 246 g/mol. The van der Waals surface area contributed by atoms with E-state index in [1.807, 2.05) is 6.07 Å². The zero-order valence-corrected chi connectivity index (χ0v) is 10.9. The number of ether oxygens (including phenoxy) is 1. The quantitative estimate of drug-likeness (QED) is 0.834. The van der Waals surface area contributed by atoms with Crippen LogP contribution in [0.2, 0.25) is 0 Å². The summed E-state index contributed by atoms with van der Waals surface area (Å²) in [7, 11) is 0. The fourth-order valence-electron chi connectivity index (χ4n) is 2.17. The second kappa shape index (κ2) is 5.87. The van der Waals surface area contributed by atoms with E-state index >= 15 is 0 Å². The molecule has 0 unspecified atom stereocenters. The fourth-order valence-corrected chi connectivity index (χ4v) is 2.17. The van der Waals surface area contributed by atoms with E-state index < -0.39 is 5.56 Å². The molecular formula is C13H17N3O3. The topological polar surface area (TPSA) is 78.5 Å². The first-order chi connectivity index (χ1) is 9.13. The summed E-state index contributed by atoms with van der Waals surface area (Å²) in [5, 5.41) is 18.8. The van der Waals surface area contributed by atoms with Crippen LogP contribution in [-0.4, -0.2) is 47.4 Å². The predicted octanol–water partition coefficient (Wildman–Crippen LogP) is 0.0662. The molecule has 0 saturated carbocycles. The monoisotopic (exact) mass is 263 g/mol. The zero-order chi connectivity index (χ0) is 13.8. The van der Waals surface area contributed by atoms with Gasteiger partial charge in [-0.3, -0.25) is 14.3 Å². The van der Waals surface area contributed by atoms with Gasteiger partial charge in [0, 0.05) is 32.2 Å². The second-order valence-corrected chi connectivity index (χ2v) is 4.58. The lowest BCUT2D eigenvalue weighted by Crippen LogP contribution is -2.39. The third-order valence-corrected chi connectivity index (χ3v) is 3.33. The standard InChI is InChI=1S/C13H17N3O3/c1-10-8-12(17)16(13(18)11(10)9-14)3-2-15-4-6-19-7-5-15/h8,17H,2-7H2,1H3. The highest BCUT2D eigenvalue weighted by Gasteiger charge is 2.14. The van der Waals surface area contributed by atoms with Crippen LogP contribution in [0.5, 0.6) is 5.88 Å². The van der Waals surface area contributed by atoms with E-state index in [0.29, 0.717) is 31.9 Å². The van der Waals surface area contributed by atoms with Gasteiger partial charge in [0.15, 0.2) is 5.88 Å². The highest BCUT2D eigenvalue weighted by Crippen LogP contribution is 2.12. The van der Waals surface area contributed by atoms with Crippen molar-refractivity contribution >= 4 is 0 Å². The number of aromatic nitrogens is 1. The number of nitrogens with zero attached hydrogens (tertiary/aromatic N) is 3. The number of hydrogen-bond acceptors (Lipinski definition) is 5. The first-order valence-corrected chi connectivity index (χ1v) is 6.27. The summed E-state index contributed by atoms with van der Waals surface area (Å²) in [6.45, 7) is 5.71. The molecule has 19 heavy (non-hydrogen) atoms. The van der Waals surface area contributed by atoms with Gasteiger partial charge in [0.2, 0.25) is 0 Å². The van der Waals surface area contributed by atoms with E-state index in [-0.39, 0.29) is 11.4 Å². The van der Waals surface area contributed by atoms with Crippen LogP contribution in [0.1, 0.15) is 11.1 Å². The van der Waals surface area contributed by atoms with Crippen LogP contribution >= 0.6 is 0 Å². The SMILES string of the molecule is Cc1cc(O)n(CCN2CCOCC2)c(=O)c1C#N. The molecule has 0 radical (unpaired) electrons. The summed E-state index contributed by atoms with van der Waals surface area (Å²) < 4.78 is 6.50. The molecule has 1 saturated heterocycles. The molecule has 1 fully saturated rings. The predicted molar refractivity (Wildman–Crippen MR) is 69.1 cm³/mol. The highest BCUT2D eigenvalue weighted by molar-refractivity contribution is 5.37. The molecule has 1 aromatic heterocycles. The minimum absolute atomic E-state index is 0.0882. The largest absolute Gasteiger partial charge is 0.494 e. The maximum atomic E-state index is 12.1. The summed E-state index contributed by atoms with van der Waals surface area (Å²) in [4.78, 5) is 14.2. The van der Waals surface area contributed by atoms with Gasteiger partial charge in [-0.05, 0) is 12.5 Å². The number of morpholine rings is 1. The van der Waals surface area contributed by atoms with Crippen molar-refractivity contribution in [2.75, 3.05) is 32.8 Å². The van der Waals surface area contributed by atoms with E-state index in [9.17, 15) is 9.90 Å². The van der Waals surface area contributed by atoms with Crippen molar-refractivity contribution in [3.8, 4) is 11.9 Å². The normalized spacial score (nSPS) is 16.2. The van der Waals surface area contributed by atoms with Gasteiger partial charge in [0.1, 0.15) is 11.6 Å². The van der Waals surface area contributed by atoms with Crippen LogP contribution in [0.3, 0.4) is 0 Å². The molecule has 2 rings (SSSR count). The first kappa shape index (κ1) is 13.6. The van der Waals surface area contributed by atoms with Crippen LogP contribution in [0.25, 0.3) is 0 Å². The fraction of sp³-hybridized carbons (Fsp3) is 0.538. The van der Waals surface area contributed by atoms with E-state index in [0.717, 1.165) is 13.1 Å². The number of pyridine rings is 1. The van der Waals surface area contributed by atoms with E-state index in [4.69, 9.17) is 10.00 Å². The summed E-state index contributed by atoms with van der Waals surface area (Å²) in [5.74, 6) is -0.0882. The van der Waals surface area contributed by atoms with Crippen LogP contribution in [0.15, 0.2) is 10.9 Å². The number of rotatable bonds is 3. The Balaban J connectivity index is 2.16. The summed E-state index contributed by atoms with van der Waals surface area (Å²) in [5.41, 5.74) is 0.181. The lowest BCUT2D eigenvalue weighted by atomic mass is 10.1. The second-order valence-electron chi connectivity index (χ2n) is 4.58. The summed E-state index contributed by atoms with van der Waals surface area (Å²) in [6, 6.07) is 3.35. The molecule has 0 amide bonds. The number of nitriles is 1. The Labute approximate surface area is 111 Å². The van der Waals surface area contributed by atoms with Crippen LogP contribution in [-0.2, 0) is 11.3 Å². The minimum atomic E-state index is -0.423. The Morgan fingerprint density at radius 3 is 2.74 bits per heavy atom. The molecule has 6 nitrogen and oxygen atoms in total. The maximum Gasteiger partial charge on any atom is 0.271 e. The van der Waals surface area contributed by atoms with Crippen molar-refractivity contribution in [1.29, 1.82) is 5.26 Å². The van der Waals surface area contributed by atoms with Crippen LogP contribution < -0.4 is 5.56 Å². The van der Waals surface area contributed by atoms with Gasteiger partial charge in [-0.1, -0.05) is 0 Å². The number of hydrogen-bond donors (Lipinski definition) is 1. The third-order valence-electron chi connectivity index (χ3n) is 3.33. The van der Waals surface area contributed by atoms with Gasteiger partial charge >= 0.3 is 0 Å². The molecule has 1 N–H and O–H groups in total. The Bertz CT molecular complexity index is 553. The van der Waals surface area contributed by atoms with Gasteiger partial charge in [-0.15, -0.1) is 0 Å². The zero-order valence-electron chi connectivity index (χ0n) is 10.9. The van der Waals surface area contributed by atoms with Gasteiger partial charge in [-0.25, -0.2) is 0 Å². The number of aromatic hydroxyl groups is 1. The van der Waals surface area contributed by atoms with Gasteiger partial charge in [0.05, 0.1) is 13.2 Å². The Morgan fingerprint density at radius 2 is 2.11 bits per heavy atom. The average molecular weight is 263 g/mol. The van der Waals surface area contributed by atoms with Crippen molar-refractivity contribution in [3.63, 3.8) is 0 Å². The van der Waals surface area contributed by atoms with Gasteiger partial charge in [0.25, 0.3) is 5.56 Å². The Hall–Kier alpha value is -1.84. The molecule has 0 bridgehead atoms. The Morgan fingerprint density at radius 1 is 1.42 bits per heavy atom. The smallest absolute Gasteiger partial charge is 0.271 e. The highest BCUT2D eigenvalue weighted by atomic mass is 16.5. The summed E-state index contributed by atoms with van der Waals surface area (Å²) >= 11 is 0. The lowest BCUT2D eigenvalue weighted by molar-refractivity contribution is 0.0360. The molecule has 1 aliphatic rings. The van der Waals surface area contributed by atoms with Gasteiger partial charge < -0.3 is 9.84 Å². The van der Waals surface area contributed by atoms with E-state index in [1.165, 1.54) is 10.6 Å². The van der Waals surface area contributed by atoms with Gasteiger partial charge in [-0.2, -0.15) is 5.26 Å². The molecule has 0 atom stereocenters. The minimum Gasteiger partial charge on any atom is -0.494 e. The molecule has 0 aliphatic carbocycles. The third kappa shape index (κ3) is 2.95. The van der Waals surface area contributed by atoms with E-state index in [1.54, 1.807) is 6.92 Å².